The fourth-order valence-corrected chi connectivity index (χ4v) is 2.14. The number of amides is 2. The molecule has 0 unspecified atom stereocenters. The first-order chi connectivity index (χ1) is 12.3. The van der Waals surface area contributed by atoms with Crippen LogP contribution in [0.2, 0.25) is 0 Å². The van der Waals surface area contributed by atoms with Gasteiger partial charge < -0.3 is 19.7 Å². The third-order valence-electron chi connectivity index (χ3n) is 3.28. The largest absolute Gasteiger partial charge is 0.473 e. The van der Waals surface area contributed by atoms with E-state index in [1.807, 2.05) is 13.8 Å². The van der Waals surface area contributed by atoms with Crippen LogP contribution in [0.3, 0.4) is 0 Å². The van der Waals surface area contributed by atoms with E-state index in [1.165, 1.54) is 17.0 Å². The molecule has 1 aromatic heterocycles. The first kappa shape index (κ1) is 19.4. The number of nitrogens with zero attached hydrogens (tertiary/aromatic N) is 2. The lowest BCUT2D eigenvalue weighted by atomic mass is 10.2. The number of hydrogen-bond acceptors (Lipinski definition) is 4. The highest BCUT2D eigenvalue weighted by Gasteiger charge is 2.14. The number of carbonyl (C=O) groups is 1. The van der Waals surface area contributed by atoms with Crippen LogP contribution in [-0.4, -0.2) is 35.7 Å². The van der Waals surface area contributed by atoms with E-state index in [9.17, 15) is 13.6 Å². The van der Waals surface area contributed by atoms with E-state index in [-0.39, 0.29) is 17.9 Å². The average molecular weight is 365 g/mol. The molecule has 26 heavy (non-hydrogen) atoms. The number of ether oxygens (including phenoxy) is 2. The molecule has 2 amide bonds. The maximum atomic E-state index is 12.4. The monoisotopic (exact) mass is 365 g/mol. The van der Waals surface area contributed by atoms with Gasteiger partial charge in [0.2, 0.25) is 5.88 Å². The summed E-state index contributed by atoms with van der Waals surface area (Å²) in [5.74, 6) is 0.416. The molecule has 0 saturated carbocycles. The molecule has 0 saturated heterocycles. The van der Waals surface area contributed by atoms with Crippen LogP contribution in [0.25, 0.3) is 0 Å². The average Bonchev–Trinajstić information content (AvgIpc) is 2.57. The Morgan fingerprint density at radius 2 is 1.88 bits per heavy atom. The standard InChI is InChI=1S/C18H21F2N3O3/c1-12(2)25-16-15(5-4-10-21-16)22-18(24)23(3)11-13-6-8-14(9-7-13)26-17(19)20/h4-10,12,17H,11H2,1-3H3,(H,22,24). The number of benzene rings is 1. The third kappa shape index (κ3) is 5.87. The molecule has 6 nitrogen and oxygen atoms in total. The zero-order chi connectivity index (χ0) is 19.1. The van der Waals surface area contributed by atoms with Crippen molar-refractivity contribution < 1.29 is 23.0 Å². The van der Waals surface area contributed by atoms with Crippen LogP contribution in [0.15, 0.2) is 42.6 Å². The second-order valence-electron chi connectivity index (χ2n) is 5.83. The van der Waals surface area contributed by atoms with Gasteiger partial charge in [-0.1, -0.05) is 12.1 Å². The van der Waals surface area contributed by atoms with Crippen molar-refractivity contribution in [2.24, 2.45) is 0 Å². The first-order valence-electron chi connectivity index (χ1n) is 8.02. The fraction of sp³-hybridized carbons (Fsp3) is 0.333. The molecular weight excluding hydrogens is 344 g/mol. The summed E-state index contributed by atoms with van der Waals surface area (Å²) in [7, 11) is 1.62. The minimum absolute atomic E-state index is 0.0710. The lowest BCUT2D eigenvalue weighted by molar-refractivity contribution is -0.0498. The Morgan fingerprint density at radius 3 is 2.50 bits per heavy atom. The molecule has 140 valence electrons. The highest BCUT2D eigenvalue weighted by Crippen LogP contribution is 2.22. The summed E-state index contributed by atoms with van der Waals surface area (Å²) < 4.78 is 34.2. The first-order valence-corrected chi connectivity index (χ1v) is 8.02. The number of rotatable bonds is 7. The van der Waals surface area contributed by atoms with E-state index in [0.29, 0.717) is 18.1 Å². The number of carbonyl (C=O) groups excluding carboxylic acids is 1. The van der Waals surface area contributed by atoms with Gasteiger partial charge in [0, 0.05) is 19.8 Å². The van der Waals surface area contributed by atoms with Crippen LogP contribution < -0.4 is 14.8 Å². The van der Waals surface area contributed by atoms with Gasteiger partial charge in [-0.25, -0.2) is 9.78 Å². The second kappa shape index (κ2) is 8.98. The maximum Gasteiger partial charge on any atom is 0.387 e. The quantitative estimate of drug-likeness (QED) is 0.801. The van der Waals surface area contributed by atoms with Gasteiger partial charge in [-0.05, 0) is 43.7 Å². The Bertz CT molecular complexity index is 724. The number of anilines is 1. The zero-order valence-electron chi connectivity index (χ0n) is 14.8. The van der Waals surface area contributed by atoms with Gasteiger partial charge in [0.1, 0.15) is 11.4 Å². The van der Waals surface area contributed by atoms with Crippen LogP contribution in [0.4, 0.5) is 19.3 Å². The normalized spacial score (nSPS) is 10.7. The van der Waals surface area contributed by atoms with Gasteiger partial charge in [-0.15, -0.1) is 0 Å². The number of alkyl halides is 2. The van der Waals surface area contributed by atoms with Gasteiger partial charge in [0.05, 0.1) is 6.10 Å². The number of hydrogen-bond donors (Lipinski definition) is 1. The van der Waals surface area contributed by atoms with Crippen molar-refractivity contribution in [3.05, 3.63) is 48.2 Å². The van der Waals surface area contributed by atoms with Crippen molar-refractivity contribution >= 4 is 11.7 Å². The molecule has 0 atom stereocenters. The lowest BCUT2D eigenvalue weighted by Gasteiger charge is -2.19. The summed E-state index contributed by atoms with van der Waals surface area (Å²) in [4.78, 5) is 17.9. The number of halogens is 2. The SMILES string of the molecule is CC(C)Oc1ncccc1NC(=O)N(C)Cc1ccc(OC(F)F)cc1. The molecule has 0 aliphatic rings. The van der Waals surface area contributed by atoms with E-state index >= 15 is 0 Å². The molecule has 8 heteroatoms. The maximum absolute atomic E-state index is 12.4. The fourth-order valence-electron chi connectivity index (χ4n) is 2.14. The summed E-state index contributed by atoms with van der Waals surface area (Å²) in [5, 5.41) is 2.75. The van der Waals surface area contributed by atoms with Crippen molar-refractivity contribution in [1.82, 2.24) is 9.88 Å². The Morgan fingerprint density at radius 1 is 1.19 bits per heavy atom. The molecule has 1 heterocycles. The molecule has 2 rings (SSSR count). The smallest absolute Gasteiger partial charge is 0.387 e. The zero-order valence-corrected chi connectivity index (χ0v) is 14.8. The van der Waals surface area contributed by atoms with Gasteiger partial charge >= 0.3 is 12.6 Å². The van der Waals surface area contributed by atoms with Crippen LogP contribution in [-0.2, 0) is 6.54 Å². The number of nitrogens with one attached hydrogen (secondary N) is 1. The van der Waals surface area contributed by atoms with Crippen LogP contribution in [0, 0.1) is 0 Å². The third-order valence-corrected chi connectivity index (χ3v) is 3.28. The minimum Gasteiger partial charge on any atom is -0.473 e. The number of pyridine rings is 1. The van der Waals surface area contributed by atoms with Crippen LogP contribution >= 0.6 is 0 Å². The summed E-state index contributed by atoms with van der Waals surface area (Å²) >= 11 is 0. The molecule has 0 aliphatic carbocycles. The summed E-state index contributed by atoms with van der Waals surface area (Å²) in [6.45, 7) is 1.17. The molecule has 0 aliphatic heterocycles. The van der Waals surface area contributed by atoms with Crippen molar-refractivity contribution in [3.8, 4) is 11.6 Å². The topological polar surface area (TPSA) is 63.7 Å². The molecule has 1 aromatic carbocycles. The Hall–Kier alpha value is -2.90. The van der Waals surface area contributed by atoms with Crippen molar-refractivity contribution in [2.45, 2.75) is 33.1 Å². The van der Waals surface area contributed by atoms with Gasteiger partial charge in [-0.3, -0.25) is 0 Å². The molecule has 2 aromatic rings. The van der Waals surface area contributed by atoms with E-state index < -0.39 is 6.61 Å². The van der Waals surface area contributed by atoms with E-state index in [0.717, 1.165) is 5.56 Å². The Kier molecular flexibility index (Phi) is 6.71. The Balaban J connectivity index is 1.97. The van der Waals surface area contributed by atoms with Crippen molar-refractivity contribution in [3.63, 3.8) is 0 Å². The lowest BCUT2D eigenvalue weighted by Crippen LogP contribution is -2.31. The van der Waals surface area contributed by atoms with Gasteiger partial charge in [-0.2, -0.15) is 8.78 Å². The van der Waals surface area contributed by atoms with Crippen molar-refractivity contribution in [2.75, 3.05) is 12.4 Å². The predicted molar refractivity (Wildman–Crippen MR) is 93.6 cm³/mol. The predicted octanol–water partition coefficient (Wildman–Crippen LogP) is 4.13. The van der Waals surface area contributed by atoms with Gasteiger partial charge in [0.15, 0.2) is 0 Å². The summed E-state index contributed by atoms with van der Waals surface area (Å²) in [6, 6.07) is 9.17. The molecule has 0 fully saturated rings. The number of aromatic nitrogens is 1. The van der Waals surface area contributed by atoms with Crippen LogP contribution in [0.1, 0.15) is 19.4 Å². The second-order valence-corrected chi connectivity index (χ2v) is 5.83. The highest BCUT2D eigenvalue weighted by atomic mass is 19.3. The van der Waals surface area contributed by atoms with E-state index in [1.54, 1.807) is 37.5 Å². The van der Waals surface area contributed by atoms with E-state index in [2.05, 4.69) is 15.0 Å². The molecule has 0 radical (unpaired) electrons. The molecule has 0 spiro atoms. The minimum atomic E-state index is -2.86. The Labute approximate surface area is 150 Å². The summed E-state index contributed by atoms with van der Waals surface area (Å²) in [5.41, 5.74) is 1.24. The molecular formula is C18H21F2N3O3. The van der Waals surface area contributed by atoms with Gasteiger partial charge in [0.25, 0.3) is 0 Å². The molecule has 0 bridgehead atoms. The highest BCUT2D eigenvalue weighted by molar-refractivity contribution is 5.90. The summed E-state index contributed by atoms with van der Waals surface area (Å²) in [6.07, 6.45) is 1.51. The van der Waals surface area contributed by atoms with E-state index in [4.69, 9.17) is 4.74 Å². The number of urea groups is 1. The van der Waals surface area contributed by atoms with Crippen molar-refractivity contribution in [1.29, 1.82) is 0 Å². The van der Waals surface area contributed by atoms with Crippen LogP contribution in [0.5, 0.6) is 11.6 Å². The molecule has 1 N–H and O–H groups in total.